The number of rotatable bonds is 2. The standard InChI is InChI=1S/C15H15Cl2N5S/c1-7-2-3-20-10-4-8(9-6-12(16)23-14(9)17)5-11(13(7)10)21-22-15(18)19/h2-3,6,8H,4-5H2,1H3,(H4,18,19,22)/b21-11+. The fraction of sp³-hybridized carbons (Fsp3) is 0.267. The van der Waals surface area contributed by atoms with Crippen LogP contribution in [0, 0.1) is 6.92 Å². The highest BCUT2D eigenvalue weighted by Gasteiger charge is 2.29. The van der Waals surface area contributed by atoms with Crippen molar-refractivity contribution in [1.29, 1.82) is 0 Å². The van der Waals surface area contributed by atoms with Gasteiger partial charge >= 0.3 is 0 Å². The topological polar surface area (TPSA) is 89.6 Å². The maximum absolute atomic E-state index is 6.32. The first-order valence-electron chi connectivity index (χ1n) is 7.00. The van der Waals surface area contributed by atoms with Gasteiger partial charge in [0.05, 0.1) is 20.1 Å². The van der Waals surface area contributed by atoms with Crippen LogP contribution in [-0.2, 0) is 6.42 Å². The molecule has 0 aromatic carbocycles. The molecule has 2 heterocycles. The molecule has 0 saturated carbocycles. The van der Waals surface area contributed by atoms with Crippen LogP contribution < -0.4 is 11.5 Å². The number of nitrogens with two attached hydrogens (primary N) is 2. The average Bonchev–Trinajstić information content (AvgIpc) is 2.83. The monoisotopic (exact) mass is 367 g/mol. The first kappa shape index (κ1) is 16.2. The van der Waals surface area contributed by atoms with Crippen LogP contribution in [-0.4, -0.2) is 16.7 Å². The lowest BCUT2D eigenvalue weighted by atomic mass is 9.81. The summed E-state index contributed by atoms with van der Waals surface area (Å²) in [5.41, 5.74) is 15.8. The summed E-state index contributed by atoms with van der Waals surface area (Å²) in [7, 11) is 0. The number of nitrogens with zero attached hydrogens (tertiary/aromatic N) is 3. The van der Waals surface area contributed by atoms with Gasteiger partial charge in [-0.05, 0) is 48.9 Å². The number of pyridine rings is 1. The van der Waals surface area contributed by atoms with Gasteiger partial charge in [0.15, 0.2) is 0 Å². The highest BCUT2D eigenvalue weighted by atomic mass is 35.5. The van der Waals surface area contributed by atoms with E-state index in [1.54, 1.807) is 6.20 Å². The summed E-state index contributed by atoms with van der Waals surface area (Å²) in [5.74, 6) is 0.0836. The Hall–Kier alpha value is -1.63. The van der Waals surface area contributed by atoms with E-state index in [-0.39, 0.29) is 11.9 Å². The Labute approximate surface area is 148 Å². The van der Waals surface area contributed by atoms with Gasteiger partial charge in [-0.25, -0.2) is 0 Å². The van der Waals surface area contributed by atoms with Crippen molar-refractivity contribution >= 4 is 46.2 Å². The first-order valence-corrected chi connectivity index (χ1v) is 8.58. The molecule has 23 heavy (non-hydrogen) atoms. The number of hydrogen-bond acceptors (Lipinski definition) is 4. The third kappa shape index (κ3) is 3.34. The second-order valence-corrected chi connectivity index (χ2v) is 7.69. The van der Waals surface area contributed by atoms with Crippen molar-refractivity contribution in [2.75, 3.05) is 0 Å². The van der Waals surface area contributed by atoms with E-state index in [1.165, 1.54) is 11.3 Å². The van der Waals surface area contributed by atoms with Crippen LogP contribution in [0.3, 0.4) is 0 Å². The second-order valence-electron chi connectivity index (χ2n) is 5.41. The summed E-state index contributed by atoms with van der Waals surface area (Å²) in [6.07, 6.45) is 3.27. The predicted molar refractivity (Wildman–Crippen MR) is 96.7 cm³/mol. The molecular formula is C15H15Cl2N5S. The molecule has 2 aromatic heterocycles. The van der Waals surface area contributed by atoms with Crippen molar-refractivity contribution in [3.63, 3.8) is 0 Å². The van der Waals surface area contributed by atoms with Gasteiger partial charge in [0.25, 0.3) is 0 Å². The number of guanidine groups is 1. The molecule has 120 valence electrons. The summed E-state index contributed by atoms with van der Waals surface area (Å²) in [6.45, 7) is 2.03. The van der Waals surface area contributed by atoms with E-state index >= 15 is 0 Å². The number of aryl methyl sites for hydroxylation is 1. The van der Waals surface area contributed by atoms with Crippen LogP contribution in [0.25, 0.3) is 0 Å². The summed E-state index contributed by atoms with van der Waals surface area (Å²) < 4.78 is 1.38. The van der Waals surface area contributed by atoms with Crippen LogP contribution >= 0.6 is 34.5 Å². The van der Waals surface area contributed by atoms with Crippen LogP contribution in [0.4, 0.5) is 0 Å². The van der Waals surface area contributed by atoms with E-state index < -0.39 is 0 Å². The van der Waals surface area contributed by atoms with Gasteiger partial charge < -0.3 is 11.5 Å². The van der Waals surface area contributed by atoms with Crippen LogP contribution in [0.5, 0.6) is 0 Å². The molecule has 4 N–H and O–H groups in total. The summed E-state index contributed by atoms with van der Waals surface area (Å²) in [4.78, 5) is 4.51. The third-order valence-corrected chi connectivity index (χ3v) is 5.33. The molecule has 0 bridgehead atoms. The Balaban J connectivity index is 2.08. The van der Waals surface area contributed by atoms with Crippen molar-refractivity contribution in [3.05, 3.63) is 49.4 Å². The molecule has 3 rings (SSSR count). The molecule has 0 amide bonds. The molecule has 0 spiro atoms. The number of halogens is 2. The molecule has 8 heteroatoms. The lowest BCUT2D eigenvalue weighted by Gasteiger charge is -2.25. The zero-order valence-electron chi connectivity index (χ0n) is 12.4. The first-order chi connectivity index (χ1) is 11.0. The van der Waals surface area contributed by atoms with Gasteiger partial charge in [-0.1, -0.05) is 23.2 Å². The maximum Gasteiger partial charge on any atom is 0.211 e. The van der Waals surface area contributed by atoms with Crippen molar-refractivity contribution in [2.45, 2.75) is 25.7 Å². The Morgan fingerprint density at radius 1 is 1.35 bits per heavy atom. The molecule has 0 fully saturated rings. The van der Waals surface area contributed by atoms with E-state index in [0.717, 1.165) is 34.5 Å². The van der Waals surface area contributed by atoms with E-state index in [9.17, 15) is 0 Å². The van der Waals surface area contributed by atoms with E-state index in [4.69, 9.17) is 34.7 Å². The van der Waals surface area contributed by atoms with Crippen molar-refractivity contribution in [2.24, 2.45) is 21.7 Å². The minimum atomic E-state index is -0.0701. The Kier molecular flexibility index (Phi) is 4.57. The molecule has 0 aliphatic heterocycles. The largest absolute Gasteiger partial charge is 0.369 e. The van der Waals surface area contributed by atoms with Crippen molar-refractivity contribution < 1.29 is 0 Å². The normalized spacial score (nSPS) is 18.7. The fourth-order valence-electron chi connectivity index (χ4n) is 2.86. The van der Waals surface area contributed by atoms with Gasteiger partial charge in [-0.3, -0.25) is 4.98 Å². The van der Waals surface area contributed by atoms with E-state index in [1.807, 2.05) is 19.1 Å². The third-order valence-electron chi connectivity index (χ3n) is 3.81. The van der Waals surface area contributed by atoms with Crippen LogP contribution in [0.2, 0.25) is 8.67 Å². The molecule has 2 aromatic rings. The quantitative estimate of drug-likeness (QED) is 0.483. The smallest absolute Gasteiger partial charge is 0.211 e. The maximum atomic E-state index is 6.32. The SMILES string of the molecule is Cc1ccnc2c1/C(=N/N=C(N)N)CC(c1cc(Cl)sc1Cl)C2. The minimum absolute atomic E-state index is 0.0701. The Bertz CT molecular complexity index is 808. The zero-order chi connectivity index (χ0) is 16.6. The molecule has 0 saturated heterocycles. The molecule has 1 unspecified atom stereocenters. The highest BCUT2D eigenvalue weighted by molar-refractivity contribution is 7.20. The molecule has 1 aliphatic rings. The minimum Gasteiger partial charge on any atom is -0.369 e. The molecule has 1 aliphatic carbocycles. The molecule has 5 nitrogen and oxygen atoms in total. The predicted octanol–water partition coefficient (Wildman–Crippen LogP) is 3.47. The van der Waals surface area contributed by atoms with Gasteiger partial charge in [0.1, 0.15) is 0 Å². The Morgan fingerprint density at radius 2 is 2.13 bits per heavy atom. The number of aromatic nitrogens is 1. The van der Waals surface area contributed by atoms with E-state index in [0.29, 0.717) is 15.1 Å². The molecule has 0 radical (unpaired) electrons. The number of hydrogen-bond donors (Lipinski definition) is 2. The van der Waals surface area contributed by atoms with Crippen LogP contribution in [0.15, 0.2) is 28.5 Å². The van der Waals surface area contributed by atoms with Gasteiger partial charge in [0.2, 0.25) is 5.96 Å². The number of fused-ring (bicyclic) bond motifs is 1. The fourth-order valence-corrected chi connectivity index (χ4v) is 4.49. The highest BCUT2D eigenvalue weighted by Crippen LogP contribution is 2.41. The molecule has 1 atom stereocenters. The van der Waals surface area contributed by atoms with Crippen LogP contribution in [0.1, 0.15) is 34.7 Å². The van der Waals surface area contributed by atoms with Gasteiger partial charge in [0, 0.05) is 11.8 Å². The van der Waals surface area contributed by atoms with E-state index in [2.05, 4.69) is 15.2 Å². The summed E-state index contributed by atoms with van der Waals surface area (Å²) in [6, 6.07) is 3.87. The Morgan fingerprint density at radius 3 is 2.78 bits per heavy atom. The van der Waals surface area contributed by atoms with Crippen molar-refractivity contribution in [3.8, 4) is 0 Å². The lowest BCUT2D eigenvalue weighted by Crippen LogP contribution is -2.24. The number of thiophene rings is 1. The summed E-state index contributed by atoms with van der Waals surface area (Å²) in [5, 5.41) is 8.06. The average molecular weight is 368 g/mol. The van der Waals surface area contributed by atoms with Gasteiger partial charge in [-0.15, -0.1) is 16.4 Å². The zero-order valence-corrected chi connectivity index (χ0v) is 14.7. The lowest BCUT2D eigenvalue weighted by molar-refractivity contribution is 0.680. The molecular weight excluding hydrogens is 353 g/mol. The van der Waals surface area contributed by atoms with Gasteiger partial charge in [-0.2, -0.15) is 5.10 Å². The second kappa shape index (κ2) is 6.47. The summed E-state index contributed by atoms with van der Waals surface area (Å²) >= 11 is 13.8. The van der Waals surface area contributed by atoms with Crippen molar-refractivity contribution in [1.82, 2.24) is 4.98 Å².